The van der Waals surface area contributed by atoms with Crippen molar-refractivity contribution in [3.8, 4) is 11.1 Å². The molecule has 1 nitrogen and oxygen atoms in total. The maximum Gasteiger partial charge on any atom is 0.0233 e. The molecule has 0 heterocycles. The zero-order valence-electron chi connectivity index (χ0n) is 12.4. The summed E-state index contributed by atoms with van der Waals surface area (Å²) in [5.74, 6) is 0.589. The molecule has 0 saturated heterocycles. The first-order valence-electron chi connectivity index (χ1n) is 6.91. The Bertz CT molecular complexity index is 524. The van der Waals surface area contributed by atoms with Crippen LogP contribution in [0.15, 0.2) is 48.5 Å². The lowest BCUT2D eigenvalue weighted by Crippen LogP contribution is -2.11. The highest BCUT2D eigenvalue weighted by molar-refractivity contribution is 5.67. The van der Waals surface area contributed by atoms with E-state index in [9.17, 15) is 0 Å². The molecule has 0 aliphatic carbocycles. The highest BCUT2D eigenvalue weighted by atomic mass is 15.0. The van der Waals surface area contributed by atoms with E-state index in [0.717, 1.165) is 6.54 Å². The molecule has 0 aliphatic heterocycles. The van der Waals surface area contributed by atoms with Gasteiger partial charge in [-0.15, -0.1) is 0 Å². The Labute approximate surface area is 116 Å². The molecule has 0 spiro atoms. The average molecular weight is 253 g/mol. The largest absolute Gasteiger partial charge is 0.305 e. The summed E-state index contributed by atoms with van der Waals surface area (Å²) in [5, 5.41) is 0. The third-order valence-electron chi connectivity index (χ3n) is 3.39. The first-order valence-corrected chi connectivity index (χ1v) is 6.91. The molecule has 0 bridgehead atoms. The van der Waals surface area contributed by atoms with Crippen LogP contribution in [0.2, 0.25) is 0 Å². The van der Waals surface area contributed by atoms with E-state index < -0.39 is 0 Å². The lowest BCUT2D eigenvalue weighted by molar-refractivity contribution is 0.403. The van der Waals surface area contributed by atoms with Crippen LogP contribution in [0.1, 0.15) is 30.9 Å². The fraction of sp³-hybridized carbons (Fsp3) is 0.333. The van der Waals surface area contributed by atoms with Gasteiger partial charge in [-0.3, -0.25) is 0 Å². The van der Waals surface area contributed by atoms with Crippen LogP contribution in [-0.2, 0) is 6.54 Å². The fourth-order valence-electron chi connectivity index (χ4n) is 2.33. The van der Waals surface area contributed by atoms with Crippen LogP contribution in [0.25, 0.3) is 11.1 Å². The third-order valence-corrected chi connectivity index (χ3v) is 3.39. The number of benzene rings is 2. The molecule has 0 amide bonds. The van der Waals surface area contributed by atoms with Crippen LogP contribution in [0.5, 0.6) is 0 Å². The summed E-state index contributed by atoms with van der Waals surface area (Å²) in [6.45, 7) is 5.44. The van der Waals surface area contributed by atoms with Crippen molar-refractivity contribution in [2.75, 3.05) is 14.1 Å². The summed E-state index contributed by atoms with van der Waals surface area (Å²) in [5.41, 5.74) is 5.42. The Balaban J connectivity index is 2.35. The van der Waals surface area contributed by atoms with Crippen molar-refractivity contribution in [3.05, 3.63) is 59.7 Å². The summed E-state index contributed by atoms with van der Waals surface area (Å²) in [6.07, 6.45) is 0. The van der Waals surface area contributed by atoms with E-state index in [0.29, 0.717) is 5.92 Å². The standard InChI is InChI=1S/C18H23N/c1-14(2)15-9-11-16(12-10-15)18-8-6-5-7-17(18)13-19(3)4/h5-12,14H,13H2,1-4H3. The minimum absolute atomic E-state index is 0.589. The van der Waals surface area contributed by atoms with Gasteiger partial charge in [-0.25, -0.2) is 0 Å². The Morgan fingerprint density at radius 1 is 0.895 bits per heavy atom. The van der Waals surface area contributed by atoms with E-state index in [1.807, 2.05) is 0 Å². The van der Waals surface area contributed by atoms with Crippen molar-refractivity contribution in [2.45, 2.75) is 26.3 Å². The molecule has 1 heteroatoms. The van der Waals surface area contributed by atoms with Crippen LogP contribution in [-0.4, -0.2) is 19.0 Å². The predicted octanol–water partition coefficient (Wildman–Crippen LogP) is 4.54. The van der Waals surface area contributed by atoms with Gasteiger partial charge >= 0.3 is 0 Å². The normalized spacial score (nSPS) is 11.3. The van der Waals surface area contributed by atoms with Crippen molar-refractivity contribution in [3.63, 3.8) is 0 Å². The zero-order chi connectivity index (χ0) is 13.8. The Morgan fingerprint density at radius 3 is 2.11 bits per heavy atom. The van der Waals surface area contributed by atoms with Gasteiger partial charge in [0.05, 0.1) is 0 Å². The number of nitrogens with zero attached hydrogens (tertiary/aromatic N) is 1. The molecule has 0 aromatic heterocycles. The monoisotopic (exact) mass is 253 g/mol. The first-order chi connectivity index (χ1) is 9.08. The zero-order valence-corrected chi connectivity index (χ0v) is 12.4. The Hall–Kier alpha value is -1.60. The molecule has 0 atom stereocenters. The molecule has 0 saturated carbocycles. The highest BCUT2D eigenvalue weighted by Crippen LogP contribution is 2.26. The Kier molecular flexibility index (Phi) is 4.39. The third kappa shape index (κ3) is 3.45. The second kappa shape index (κ2) is 6.03. The van der Waals surface area contributed by atoms with Crippen LogP contribution < -0.4 is 0 Å². The topological polar surface area (TPSA) is 3.24 Å². The van der Waals surface area contributed by atoms with Gasteiger partial charge in [-0.2, -0.15) is 0 Å². The average Bonchev–Trinajstić information content (AvgIpc) is 2.39. The van der Waals surface area contributed by atoms with Crippen molar-refractivity contribution >= 4 is 0 Å². The van der Waals surface area contributed by atoms with Crippen molar-refractivity contribution in [2.24, 2.45) is 0 Å². The Morgan fingerprint density at radius 2 is 1.53 bits per heavy atom. The van der Waals surface area contributed by atoms with Gasteiger partial charge in [-0.1, -0.05) is 62.4 Å². The second-order valence-corrected chi connectivity index (χ2v) is 5.67. The van der Waals surface area contributed by atoms with Crippen LogP contribution in [0.4, 0.5) is 0 Å². The molecular weight excluding hydrogens is 230 g/mol. The molecule has 0 N–H and O–H groups in total. The second-order valence-electron chi connectivity index (χ2n) is 5.67. The van der Waals surface area contributed by atoms with E-state index in [4.69, 9.17) is 0 Å². The van der Waals surface area contributed by atoms with E-state index in [1.54, 1.807) is 0 Å². The molecule has 0 aliphatic rings. The summed E-state index contributed by atoms with van der Waals surface area (Å²) < 4.78 is 0. The molecule has 0 unspecified atom stereocenters. The van der Waals surface area contributed by atoms with Gasteiger partial charge in [0.1, 0.15) is 0 Å². The number of hydrogen-bond donors (Lipinski definition) is 0. The van der Waals surface area contributed by atoms with Gasteiger partial charge in [0, 0.05) is 6.54 Å². The van der Waals surface area contributed by atoms with Crippen molar-refractivity contribution in [1.29, 1.82) is 0 Å². The summed E-state index contributed by atoms with van der Waals surface area (Å²) in [7, 11) is 4.22. The molecule has 19 heavy (non-hydrogen) atoms. The summed E-state index contributed by atoms with van der Waals surface area (Å²) >= 11 is 0. The van der Waals surface area contributed by atoms with E-state index in [2.05, 4.69) is 81.4 Å². The molecule has 2 rings (SSSR count). The van der Waals surface area contributed by atoms with Crippen molar-refractivity contribution in [1.82, 2.24) is 4.90 Å². The first kappa shape index (κ1) is 13.8. The summed E-state index contributed by atoms with van der Waals surface area (Å²) in [4.78, 5) is 2.21. The quantitative estimate of drug-likeness (QED) is 0.773. The van der Waals surface area contributed by atoms with E-state index in [-0.39, 0.29) is 0 Å². The van der Waals surface area contributed by atoms with Crippen molar-refractivity contribution < 1.29 is 0 Å². The number of hydrogen-bond acceptors (Lipinski definition) is 1. The van der Waals surface area contributed by atoms with Crippen LogP contribution in [0.3, 0.4) is 0 Å². The van der Waals surface area contributed by atoms with Gasteiger partial charge in [0.15, 0.2) is 0 Å². The molecular formula is C18H23N. The smallest absolute Gasteiger partial charge is 0.0233 e. The lowest BCUT2D eigenvalue weighted by atomic mass is 9.96. The maximum atomic E-state index is 2.24. The molecule has 100 valence electrons. The molecule has 0 fully saturated rings. The van der Waals surface area contributed by atoms with E-state index >= 15 is 0 Å². The minimum Gasteiger partial charge on any atom is -0.305 e. The molecule has 2 aromatic carbocycles. The van der Waals surface area contributed by atoms with Gasteiger partial charge in [0.2, 0.25) is 0 Å². The predicted molar refractivity (Wildman–Crippen MR) is 83.4 cm³/mol. The summed E-state index contributed by atoms with van der Waals surface area (Å²) in [6, 6.07) is 17.6. The SMILES string of the molecule is CC(C)c1ccc(-c2ccccc2CN(C)C)cc1. The maximum absolute atomic E-state index is 2.24. The van der Waals surface area contributed by atoms with Gasteiger partial charge in [-0.05, 0) is 42.3 Å². The van der Waals surface area contributed by atoms with Crippen LogP contribution >= 0.6 is 0 Å². The highest BCUT2D eigenvalue weighted by Gasteiger charge is 2.06. The van der Waals surface area contributed by atoms with Gasteiger partial charge < -0.3 is 4.90 Å². The van der Waals surface area contributed by atoms with Gasteiger partial charge in [0.25, 0.3) is 0 Å². The fourth-order valence-corrected chi connectivity index (χ4v) is 2.33. The molecule has 2 aromatic rings. The van der Waals surface area contributed by atoms with E-state index in [1.165, 1.54) is 22.3 Å². The minimum atomic E-state index is 0.589. The molecule has 0 radical (unpaired) electrons. The van der Waals surface area contributed by atoms with Crippen LogP contribution in [0, 0.1) is 0 Å². The lowest BCUT2D eigenvalue weighted by Gasteiger charge is -2.15. The number of rotatable bonds is 4.